The summed E-state index contributed by atoms with van der Waals surface area (Å²) in [7, 11) is 2.12. The van der Waals surface area contributed by atoms with Crippen LogP contribution >= 0.6 is 11.6 Å². The molecule has 2 amide bonds. The average Bonchev–Trinajstić information content (AvgIpc) is 2.69. The summed E-state index contributed by atoms with van der Waals surface area (Å²) in [4.78, 5) is 30.9. The Hall–Kier alpha value is -1.99. The van der Waals surface area contributed by atoms with Crippen molar-refractivity contribution in [1.29, 1.82) is 0 Å². The molecular weight excluding hydrogens is 380 g/mol. The first-order chi connectivity index (χ1) is 13.5. The third-order valence-electron chi connectivity index (χ3n) is 5.45. The number of carbonyl (C=O) groups is 2. The summed E-state index contributed by atoms with van der Waals surface area (Å²) in [5, 5.41) is 3.69. The van der Waals surface area contributed by atoms with Crippen molar-refractivity contribution in [2.75, 3.05) is 63.1 Å². The number of piperazine rings is 1. The van der Waals surface area contributed by atoms with Gasteiger partial charge in [0, 0.05) is 50.2 Å². The fourth-order valence-electron chi connectivity index (χ4n) is 3.71. The summed E-state index contributed by atoms with van der Waals surface area (Å²) in [5.74, 6) is -0.133. The number of ether oxygens (including phenoxy) is 1. The van der Waals surface area contributed by atoms with Crippen molar-refractivity contribution in [2.24, 2.45) is 5.92 Å². The molecule has 2 heterocycles. The van der Waals surface area contributed by atoms with Crippen LogP contribution in [0.25, 0.3) is 0 Å². The van der Waals surface area contributed by atoms with E-state index in [0.29, 0.717) is 37.6 Å². The number of halogens is 1. The summed E-state index contributed by atoms with van der Waals surface area (Å²) < 4.78 is 5.04. The summed E-state index contributed by atoms with van der Waals surface area (Å²) >= 11 is 6.20. The number of amides is 2. The van der Waals surface area contributed by atoms with Crippen LogP contribution in [0.15, 0.2) is 18.2 Å². The molecule has 0 aromatic heterocycles. The van der Waals surface area contributed by atoms with Gasteiger partial charge in [-0.3, -0.25) is 4.79 Å². The molecule has 1 aromatic rings. The Balaban J connectivity index is 1.63. The van der Waals surface area contributed by atoms with Gasteiger partial charge in [0.2, 0.25) is 5.91 Å². The second kappa shape index (κ2) is 9.47. The van der Waals surface area contributed by atoms with Crippen molar-refractivity contribution in [2.45, 2.75) is 19.8 Å². The molecule has 0 saturated carbocycles. The molecular formula is C20H29ClN4O3. The van der Waals surface area contributed by atoms with Gasteiger partial charge in [0.1, 0.15) is 0 Å². The van der Waals surface area contributed by atoms with Crippen molar-refractivity contribution in [3.05, 3.63) is 23.2 Å². The lowest BCUT2D eigenvalue weighted by atomic mass is 9.96. The number of hydrogen-bond donors (Lipinski definition) is 1. The van der Waals surface area contributed by atoms with E-state index >= 15 is 0 Å². The Morgan fingerprint density at radius 1 is 1.14 bits per heavy atom. The Kier molecular flexibility index (Phi) is 7.02. The summed E-state index contributed by atoms with van der Waals surface area (Å²) in [5.41, 5.74) is 1.77. The second-order valence-electron chi connectivity index (χ2n) is 7.40. The Morgan fingerprint density at radius 2 is 1.82 bits per heavy atom. The minimum absolute atomic E-state index is 0.0128. The number of piperidine rings is 1. The normalized spacial score (nSPS) is 18.8. The maximum Gasteiger partial charge on any atom is 0.409 e. The van der Waals surface area contributed by atoms with Crippen LogP contribution in [0, 0.1) is 5.92 Å². The fourth-order valence-corrected chi connectivity index (χ4v) is 3.88. The predicted molar refractivity (Wildman–Crippen MR) is 111 cm³/mol. The van der Waals surface area contributed by atoms with Crippen LogP contribution in [-0.2, 0) is 9.53 Å². The largest absolute Gasteiger partial charge is 0.450 e. The van der Waals surface area contributed by atoms with E-state index in [9.17, 15) is 9.59 Å². The molecule has 2 fully saturated rings. The smallest absolute Gasteiger partial charge is 0.409 e. The Labute approximate surface area is 171 Å². The molecule has 1 aromatic carbocycles. The molecule has 2 saturated heterocycles. The number of benzene rings is 1. The highest BCUT2D eigenvalue weighted by molar-refractivity contribution is 6.31. The van der Waals surface area contributed by atoms with E-state index in [1.54, 1.807) is 11.8 Å². The van der Waals surface area contributed by atoms with Gasteiger partial charge >= 0.3 is 6.09 Å². The van der Waals surface area contributed by atoms with E-state index in [-0.39, 0.29) is 17.9 Å². The molecule has 2 aliphatic rings. The Morgan fingerprint density at radius 3 is 2.46 bits per heavy atom. The number of hydrogen-bond acceptors (Lipinski definition) is 5. The Bertz CT molecular complexity index is 699. The number of likely N-dealkylation sites (tertiary alicyclic amines) is 1. The molecule has 1 N–H and O–H groups in total. The van der Waals surface area contributed by atoms with Crippen LogP contribution < -0.4 is 10.2 Å². The van der Waals surface area contributed by atoms with Gasteiger partial charge < -0.3 is 24.8 Å². The highest BCUT2D eigenvalue weighted by Crippen LogP contribution is 2.31. The van der Waals surface area contributed by atoms with Crippen LogP contribution in [0.1, 0.15) is 19.8 Å². The number of carbonyl (C=O) groups excluding carboxylic acids is 2. The molecule has 154 valence electrons. The molecule has 0 aliphatic carbocycles. The van der Waals surface area contributed by atoms with Gasteiger partial charge in [0.15, 0.2) is 0 Å². The van der Waals surface area contributed by atoms with Crippen LogP contribution in [0.2, 0.25) is 5.02 Å². The molecule has 0 unspecified atom stereocenters. The van der Waals surface area contributed by atoms with E-state index < -0.39 is 0 Å². The average molecular weight is 409 g/mol. The zero-order chi connectivity index (χ0) is 20.1. The SMILES string of the molecule is CCOC(=O)N1CCC(C(=O)Nc2cc(Cl)ccc2N2CCN(C)CC2)CC1. The summed E-state index contributed by atoms with van der Waals surface area (Å²) in [6, 6.07) is 5.66. The lowest BCUT2D eigenvalue weighted by Crippen LogP contribution is -2.45. The first-order valence-electron chi connectivity index (χ1n) is 9.93. The lowest BCUT2D eigenvalue weighted by Gasteiger charge is -2.35. The van der Waals surface area contributed by atoms with Gasteiger partial charge in [-0.25, -0.2) is 4.79 Å². The van der Waals surface area contributed by atoms with Crippen molar-refractivity contribution >= 4 is 35.0 Å². The number of rotatable bonds is 4. The zero-order valence-corrected chi connectivity index (χ0v) is 17.4. The van der Waals surface area contributed by atoms with Crippen LogP contribution in [-0.4, -0.2) is 74.7 Å². The maximum absolute atomic E-state index is 12.9. The highest BCUT2D eigenvalue weighted by Gasteiger charge is 2.28. The quantitative estimate of drug-likeness (QED) is 0.829. The first kappa shape index (κ1) is 20.7. The predicted octanol–water partition coefficient (Wildman–Crippen LogP) is 2.90. The standard InChI is InChI=1S/C20H29ClN4O3/c1-3-28-20(27)25-8-6-15(7-9-25)19(26)22-17-14-16(21)4-5-18(17)24-12-10-23(2)11-13-24/h4-5,14-15H,3,6-13H2,1-2H3,(H,22,26). The van der Waals surface area contributed by atoms with Gasteiger partial charge in [-0.15, -0.1) is 0 Å². The van der Waals surface area contributed by atoms with E-state index in [1.165, 1.54) is 0 Å². The number of nitrogens with zero attached hydrogens (tertiary/aromatic N) is 3. The lowest BCUT2D eigenvalue weighted by molar-refractivity contribution is -0.121. The fraction of sp³-hybridized carbons (Fsp3) is 0.600. The van der Waals surface area contributed by atoms with Crippen LogP contribution in [0.3, 0.4) is 0 Å². The van der Waals surface area contributed by atoms with Gasteiger partial charge in [-0.05, 0) is 45.0 Å². The van der Waals surface area contributed by atoms with E-state index in [2.05, 4.69) is 22.2 Å². The third-order valence-corrected chi connectivity index (χ3v) is 5.69. The molecule has 28 heavy (non-hydrogen) atoms. The summed E-state index contributed by atoms with van der Waals surface area (Å²) in [6.45, 7) is 7.04. The molecule has 0 bridgehead atoms. The molecule has 3 rings (SSSR count). The number of anilines is 2. The van der Waals surface area contributed by atoms with Gasteiger partial charge in [-0.1, -0.05) is 11.6 Å². The van der Waals surface area contributed by atoms with Crippen LogP contribution in [0.4, 0.5) is 16.2 Å². The molecule has 8 heteroatoms. The van der Waals surface area contributed by atoms with E-state index in [1.807, 2.05) is 18.2 Å². The highest BCUT2D eigenvalue weighted by atomic mass is 35.5. The first-order valence-corrected chi connectivity index (χ1v) is 10.3. The molecule has 0 spiro atoms. The maximum atomic E-state index is 12.9. The van der Waals surface area contributed by atoms with E-state index in [0.717, 1.165) is 37.6 Å². The van der Waals surface area contributed by atoms with Crippen LogP contribution in [0.5, 0.6) is 0 Å². The third kappa shape index (κ3) is 5.08. The molecule has 0 radical (unpaired) electrons. The zero-order valence-electron chi connectivity index (χ0n) is 16.6. The minimum Gasteiger partial charge on any atom is -0.450 e. The molecule has 7 nitrogen and oxygen atoms in total. The number of likely N-dealkylation sites (N-methyl/N-ethyl adjacent to an activating group) is 1. The number of nitrogens with one attached hydrogen (secondary N) is 1. The van der Waals surface area contributed by atoms with Gasteiger partial charge in [-0.2, -0.15) is 0 Å². The minimum atomic E-state index is -0.298. The molecule has 2 aliphatic heterocycles. The van der Waals surface area contributed by atoms with Crippen molar-refractivity contribution in [1.82, 2.24) is 9.80 Å². The van der Waals surface area contributed by atoms with Crippen molar-refractivity contribution in [3.8, 4) is 0 Å². The van der Waals surface area contributed by atoms with E-state index in [4.69, 9.17) is 16.3 Å². The van der Waals surface area contributed by atoms with Gasteiger partial charge in [0.05, 0.1) is 18.0 Å². The van der Waals surface area contributed by atoms with Crippen molar-refractivity contribution in [3.63, 3.8) is 0 Å². The van der Waals surface area contributed by atoms with Gasteiger partial charge in [0.25, 0.3) is 0 Å². The summed E-state index contributed by atoms with van der Waals surface area (Å²) in [6.07, 6.45) is 0.970. The topological polar surface area (TPSA) is 65.1 Å². The monoisotopic (exact) mass is 408 g/mol. The molecule has 0 atom stereocenters. The second-order valence-corrected chi connectivity index (χ2v) is 7.84. The van der Waals surface area contributed by atoms with Crippen molar-refractivity contribution < 1.29 is 14.3 Å².